The van der Waals surface area contributed by atoms with Gasteiger partial charge in [0.25, 0.3) is 0 Å². The van der Waals surface area contributed by atoms with E-state index in [1.54, 1.807) is 27.7 Å². The summed E-state index contributed by atoms with van der Waals surface area (Å²) in [6, 6.07) is 0. The topological polar surface area (TPSA) is 139 Å². The second kappa shape index (κ2) is 9.38. The lowest BCUT2D eigenvalue weighted by atomic mass is 9.39. The fourth-order valence-electron chi connectivity index (χ4n) is 5.48. The van der Waals surface area contributed by atoms with Gasteiger partial charge in [0, 0.05) is 23.7 Å². The SMILES string of the molecule is CCOC(=O)C1C(C(=O)OCC)C2C(=O)C3C(C(=O)OCC)C(C(=O)OCC)C3C(=O)C12. The summed E-state index contributed by atoms with van der Waals surface area (Å²) in [5, 5.41) is 0. The summed E-state index contributed by atoms with van der Waals surface area (Å²) < 4.78 is 20.2. The Labute approximate surface area is 185 Å². The van der Waals surface area contributed by atoms with E-state index in [2.05, 4.69) is 0 Å². The predicted molar refractivity (Wildman–Crippen MR) is 104 cm³/mol. The summed E-state index contributed by atoms with van der Waals surface area (Å²) in [6.45, 7) is 6.49. The summed E-state index contributed by atoms with van der Waals surface area (Å²) in [4.78, 5) is 77.1. The molecule has 3 saturated carbocycles. The van der Waals surface area contributed by atoms with Crippen molar-refractivity contribution in [2.75, 3.05) is 26.4 Å². The van der Waals surface area contributed by atoms with Gasteiger partial charge in [0.05, 0.1) is 50.1 Å². The van der Waals surface area contributed by atoms with Crippen LogP contribution >= 0.6 is 0 Å². The molecule has 0 saturated heterocycles. The first-order valence-electron chi connectivity index (χ1n) is 11.0. The highest BCUT2D eigenvalue weighted by Crippen LogP contribution is 2.62. The maximum Gasteiger partial charge on any atom is 0.310 e. The molecule has 0 radical (unpaired) electrons. The maximum absolute atomic E-state index is 13.4. The first kappa shape index (κ1) is 23.9. The quantitative estimate of drug-likeness (QED) is 0.374. The van der Waals surface area contributed by atoms with Crippen molar-refractivity contribution in [3.8, 4) is 0 Å². The number of esters is 4. The fraction of sp³-hybridized carbons (Fsp3) is 0.727. The Hall–Kier alpha value is -2.78. The van der Waals surface area contributed by atoms with Crippen molar-refractivity contribution >= 4 is 35.4 Å². The lowest BCUT2D eigenvalue weighted by molar-refractivity contribution is -0.210. The highest BCUT2D eigenvalue weighted by Gasteiger charge is 2.76. The summed E-state index contributed by atoms with van der Waals surface area (Å²) in [5.41, 5.74) is 0. The Bertz CT molecular complexity index is 701. The summed E-state index contributed by atoms with van der Waals surface area (Å²) in [5.74, 6) is -13.1. The van der Waals surface area contributed by atoms with E-state index in [9.17, 15) is 28.8 Å². The van der Waals surface area contributed by atoms with Crippen LogP contribution < -0.4 is 0 Å². The Morgan fingerprint density at radius 2 is 0.688 bits per heavy atom. The van der Waals surface area contributed by atoms with Crippen molar-refractivity contribution in [3.63, 3.8) is 0 Å². The van der Waals surface area contributed by atoms with Gasteiger partial charge in [-0.2, -0.15) is 0 Å². The lowest BCUT2D eigenvalue weighted by Crippen LogP contribution is -2.73. The molecule has 3 aliphatic carbocycles. The van der Waals surface area contributed by atoms with Crippen molar-refractivity contribution in [1.29, 1.82) is 0 Å². The zero-order chi connectivity index (χ0) is 23.7. The molecular formula is C22H28O10. The van der Waals surface area contributed by atoms with E-state index < -0.39 is 82.8 Å². The molecule has 0 aromatic heterocycles. The monoisotopic (exact) mass is 452 g/mol. The molecule has 10 heteroatoms. The number of carbonyl (C=O) groups is 6. The molecule has 0 aromatic carbocycles. The number of ether oxygens (including phenoxy) is 4. The molecular weight excluding hydrogens is 424 g/mol. The maximum atomic E-state index is 13.4. The summed E-state index contributed by atoms with van der Waals surface area (Å²) in [7, 11) is 0. The van der Waals surface area contributed by atoms with Crippen LogP contribution in [0.15, 0.2) is 0 Å². The van der Waals surface area contributed by atoms with Crippen molar-refractivity contribution in [1.82, 2.24) is 0 Å². The van der Waals surface area contributed by atoms with E-state index in [-0.39, 0.29) is 26.4 Å². The summed E-state index contributed by atoms with van der Waals surface area (Å²) >= 11 is 0. The van der Waals surface area contributed by atoms with Crippen LogP contribution in [-0.4, -0.2) is 61.9 Å². The molecule has 0 aromatic rings. The van der Waals surface area contributed by atoms with Crippen LogP contribution in [0.5, 0.6) is 0 Å². The van der Waals surface area contributed by atoms with Crippen LogP contribution in [0.1, 0.15) is 27.7 Å². The highest BCUT2D eigenvalue weighted by molar-refractivity contribution is 6.12. The molecule has 8 atom stereocenters. The number of Topliss-reactive ketones (excluding diaryl/α,β-unsaturated/α-hetero) is 2. The minimum Gasteiger partial charge on any atom is -0.466 e. The second-order valence-corrected chi connectivity index (χ2v) is 8.02. The van der Waals surface area contributed by atoms with Crippen molar-refractivity contribution in [2.24, 2.45) is 47.3 Å². The molecule has 0 aliphatic heterocycles. The van der Waals surface area contributed by atoms with Gasteiger partial charge in [0.1, 0.15) is 11.6 Å². The first-order valence-corrected chi connectivity index (χ1v) is 11.0. The number of carbonyl (C=O) groups excluding carboxylic acids is 6. The largest absolute Gasteiger partial charge is 0.466 e. The number of hydrogen-bond donors (Lipinski definition) is 0. The van der Waals surface area contributed by atoms with Crippen LogP contribution in [0.2, 0.25) is 0 Å². The Kier molecular flexibility index (Phi) is 7.00. The summed E-state index contributed by atoms with van der Waals surface area (Å²) in [6.07, 6.45) is 0. The molecule has 10 nitrogen and oxygen atoms in total. The highest BCUT2D eigenvalue weighted by atomic mass is 16.5. The average Bonchev–Trinajstić information content (AvgIpc) is 2.66. The van der Waals surface area contributed by atoms with Crippen LogP contribution in [0.25, 0.3) is 0 Å². The normalized spacial score (nSPS) is 34.8. The lowest BCUT2D eigenvalue weighted by Gasteiger charge is -2.59. The molecule has 8 unspecified atom stereocenters. The zero-order valence-electron chi connectivity index (χ0n) is 18.5. The van der Waals surface area contributed by atoms with Gasteiger partial charge in [-0.15, -0.1) is 0 Å². The average molecular weight is 452 g/mol. The molecule has 32 heavy (non-hydrogen) atoms. The third kappa shape index (κ3) is 3.49. The van der Waals surface area contributed by atoms with Gasteiger partial charge in [-0.25, -0.2) is 0 Å². The predicted octanol–water partition coefficient (Wildman–Crippen LogP) is 0.347. The molecule has 0 amide bonds. The van der Waals surface area contributed by atoms with Crippen molar-refractivity contribution in [2.45, 2.75) is 27.7 Å². The minimum atomic E-state index is -1.17. The van der Waals surface area contributed by atoms with Crippen molar-refractivity contribution in [3.05, 3.63) is 0 Å². The first-order chi connectivity index (χ1) is 15.3. The van der Waals surface area contributed by atoms with Crippen LogP contribution in [0.4, 0.5) is 0 Å². The standard InChI is InChI=1S/C22H28O10/c1-5-29-19(25)13-9-10(14(13)20(26)30-6-2)18(24)12-11(17(9)23)15(21(27)31-7-3)16(12)22(28)32-8-4/h9-16H,5-8H2,1-4H3. The van der Waals surface area contributed by atoms with Crippen LogP contribution in [0, 0.1) is 47.3 Å². The molecule has 0 N–H and O–H groups in total. The molecule has 3 aliphatic rings. The van der Waals surface area contributed by atoms with Gasteiger partial charge in [-0.3, -0.25) is 28.8 Å². The molecule has 0 bridgehead atoms. The van der Waals surface area contributed by atoms with Gasteiger partial charge in [0.15, 0.2) is 0 Å². The Morgan fingerprint density at radius 3 is 0.844 bits per heavy atom. The molecule has 3 rings (SSSR count). The minimum absolute atomic E-state index is 0.0346. The van der Waals surface area contributed by atoms with E-state index in [4.69, 9.17) is 18.9 Å². The fourth-order valence-corrected chi connectivity index (χ4v) is 5.48. The van der Waals surface area contributed by atoms with Gasteiger partial charge in [-0.05, 0) is 27.7 Å². The van der Waals surface area contributed by atoms with E-state index in [0.29, 0.717) is 0 Å². The number of fused-ring (bicyclic) bond motifs is 2. The second-order valence-electron chi connectivity index (χ2n) is 8.02. The van der Waals surface area contributed by atoms with E-state index in [0.717, 1.165) is 0 Å². The van der Waals surface area contributed by atoms with Gasteiger partial charge < -0.3 is 18.9 Å². The third-order valence-electron chi connectivity index (χ3n) is 6.64. The smallest absolute Gasteiger partial charge is 0.310 e. The molecule has 0 spiro atoms. The molecule has 3 fully saturated rings. The van der Waals surface area contributed by atoms with Gasteiger partial charge in [-0.1, -0.05) is 0 Å². The van der Waals surface area contributed by atoms with E-state index in [1.165, 1.54) is 0 Å². The van der Waals surface area contributed by atoms with Crippen molar-refractivity contribution < 1.29 is 47.7 Å². The van der Waals surface area contributed by atoms with Crippen LogP contribution in [0.3, 0.4) is 0 Å². The van der Waals surface area contributed by atoms with Gasteiger partial charge in [0.2, 0.25) is 0 Å². The van der Waals surface area contributed by atoms with Crippen LogP contribution in [-0.2, 0) is 47.7 Å². The Balaban J connectivity index is 1.99. The number of ketones is 2. The van der Waals surface area contributed by atoms with E-state index in [1.807, 2.05) is 0 Å². The van der Waals surface area contributed by atoms with Gasteiger partial charge >= 0.3 is 23.9 Å². The molecule has 176 valence electrons. The Morgan fingerprint density at radius 1 is 0.500 bits per heavy atom. The molecule has 0 heterocycles. The third-order valence-corrected chi connectivity index (χ3v) is 6.64. The number of rotatable bonds is 8. The number of hydrogen-bond acceptors (Lipinski definition) is 10. The van der Waals surface area contributed by atoms with E-state index >= 15 is 0 Å². The zero-order valence-corrected chi connectivity index (χ0v) is 18.5.